The highest BCUT2D eigenvalue weighted by Crippen LogP contribution is 2.24. The van der Waals surface area contributed by atoms with Crippen LogP contribution in [0.4, 0.5) is 4.39 Å². The topological polar surface area (TPSA) is 64.9 Å². The molecule has 1 heterocycles. The summed E-state index contributed by atoms with van der Waals surface area (Å²) in [5.74, 6) is 0.306. The molecule has 0 fully saturated rings. The van der Waals surface area contributed by atoms with Crippen LogP contribution in [-0.2, 0) is 0 Å². The zero-order chi connectivity index (χ0) is 13.3. The predicted molar refractivity (Wildman–Crippen MR) is 66.5 cm³/mol. The molecule has 96 valence electrons. The minimum Gasteiger partial charge on any atom is -0.337 e. The molecule has 0 bridgehead atoms. The summed E-state index contributed by atoms with van der Waals surface area (Å²) in [5, 5.41) is 3.84. The smallest absolute Gasteiger partial charge is 0.244 e. The number of hydrogen-bond donors (Lipinski definition) is 1. The standard InChI is InChI=1S/C12H13ClFN3O/c1-6(2)10(15)12-16-11(17-18-12)7-3-4-8(13)9(14)5-7/h3-6,10H,15H2,1-2H3/t10-/m0/s1. The maximum atomic E-state index is 13.3. The molecule has 1 aromatic heterocycles. The van der Waals surface area contributed by atoms with Crippen LogP contribution in [-0.4, -0.2) is 10.1 Å². The zero-order valence-corrected chi connectivity index (χ0v) is 10.8. The third-order valence-corrected chi connectivity index (χ3v) is 2.93. The summed E-state index contributed by atoms with van der Waals surface area (Å²) < 4.78 is 18.4. The zero-order valence-electron chi connectivity index (χ0n) is 10.0. The van der Waals surface area contributed by atoms with Crippen molar-refractivity contribution in [3.8, 4) is 11.4 Å². The van der Waals surface area contributed by atoms with Crippen molar-refractivity contribution < 1.29 is 8.91 Å². The van der Waals surface area contributed by atoms with Crippen LogP contribution in [0.25, 0.3) is 11.4 Å². The third-order valence-electron chi connectivity index (χ3n) is 2.62. The highest BCUT2D eigenvalue weighted by molar-refractivity contribution is 6.30. The Hall–Kier alpha value is -1.46. The molecule has 0 aliphatic heterocycles. The Kier molecular flexibility index (Phi) is 3.63. The van der Waals surface area contributed by atoms with Gasteiger partial charge in [-0.15, -0.1) is 0 Å². The largest absolute Gasteiger partial charge is 0.337 e. The van der Waals surface area contributed by atoms with Crippen LogP contribution in [0.2, 0.25) is 5.02 Å². The van der Waals surface area contributed by atoms with Crippen LogP contribution < -0.4 is 5.73 Å². The van der Waals surface area contributed by atoms with Crippen molar-refractivity contribution in [2.75, 3.05) is 0 Å². The highest BCUT2D eigenvalue weighted by atomic mass is 35.5. The molecule has 0 amide bonds. The van der Waals surface area contributed by atoms with E-state index in [9.17, 15) is 4.39 Å². The molecule has 2 aromatic rings. The average Bonchev–Trinajstić information content (AvgIpc) is 2.81. The Morgan fingerprint density at radius 2 is 2.11 bits per heavy atom. The van der Waals surface area contributed by atoms with E-state index in [4.69, 9.17) is 21.9 Å². The molecular formula is C12H13ClFN3O. The van der Waals surface area contributed by atoms with Gasteiger partial charge < -0.3 is 10.3 Å². The molecule has 6 heteroatoms. The summed E-state index contributed by atoms with van der Waals surface area (Å²) in [4.78, 5) is 4.16. The van der Waals surface area contributed by atoms with Crippen molar-refractivity contribution >= 4 is 11.6 Å². The Bertz CT molecular complexity index is 556. The Morgan fingerprint density at radius 3 is 2.72 bits per heavy atom. The number of nitrogens with two attached hydrogens (primary N) is 1. The Morgan fingerprint density at radius 1 is 1.39 bits per heavy atom. The molecule has 0 radical (unpaired) electrons. The van der Waals surface area contributed by atoms with Crippen molar-refractivity contribution in [1.82, 2.24) is 10.1 Å². The van der Waals surface area contributed by atoms with E-state index in [-0.39, 0.29) is 17.0 Å². The summed E-state index contributed by atoms with van der Waals surface area (Å²) in [6, 6.07) is 4.01. The van der Waals surface area contributed by atoms with Gasteiger partial charge in [0.1, 0.15) is 5.82 Å². The maximum Gasteiger partial charge on any atom is 0.244 e. The molecule has 0 saturated carbocycles. The highest BCUT2D eigenvalue weighted by Gasteiger charge is 2.19. The molecular weight excluding hydrogens is 257 g/mol. The van der Waals surface area contributed by atoms with E-state index in [0.29, 0.717) is 17.3 Å². The molecule has 0 aliphatic rings. The molecule has 0 unspecified atom stereocenters. The van der Waals surface area contributed by atoms with E-state index in [1.54, 1.807) is 6.07 Å². The molecule has 4 nitrogen and oxygen atoms in total. The van der Waals surface area contributed by atoms with Crippen LogP contribution in [0.3, 0.4) is 0 Å². The van der Waals surface area contributed by atoms with Crippen molar-refractivity contribution in [2.24, 2.45) is 11.7 Å². The second-order valence-corrected chi connectivity index (χ2v) is 4.76. The van der Waals surface area contributed by atoms with Crippen LogP contribution >= 0.6 is 11.6 Å². The van der Waals surface area contributed by atoms with Gasteiger partial charge in [-0.2, -0.15) is 4.98 Å². The molecule has 1 atom stereocenters. The fourth-order valence-corrected chi connectivity index (χ4v) is 1.53. The van der Waals surface area contributed by atoms with Gasteiger partial charge in [0.25, 0.3) is 0 Å². The Labute approximate surface area is 109 Å². The lowest BCUT2D eigenvalue weighted by atomic mass is 10.1. The molecule has 1 aromatic carbocycles. The molecule has 2 rings (SSSR count). The van der Waals surface area contributed by atoms with Gasteiger partial charge in [-0.1, -0.05) is 30.6 Å². The summed E-state index contributed by atoms with van der Waals surface area (Å²) in [6.45, 7) is 3.91. The number of hydrogen-bond acceptors (Lipinski definition) is 4. The van der Waals surface area contributed by atoms with E-state index < -0.39 is 5.82 Å². The van der Waals surface area contributed by atoms with Crippen molar-refractivity contribution in [1.29, 1.82) is 0 Å². The Balaban J connectivity index is 2.32. The van der Waals surface area contributed by atoms with Crippen LogP contribution in [0, 0.1) is 11.7 Å². The molecule has 0 saturated heterocycles. The lowest BCUT2D eigenvalue weighted by Crippen LogP contribution is -2.16. The quantitative estimate of drug-likeness (QED) is 0.929. The minimum atomic E-state index is -0.520. The third kappa shape index (κ3) is 2.52. The van der Waals surface area contributed by atoms with Crippen molar-refractivity contribution in [3.05, 3.63) is 34.9 Å². The molecule has 0 aliphatic carbocycles. The van der Waals surface area contributed by atoms with Gasteiger partial charge in [-0.25, -0.2) is 4.39 Å². The van der Waals surface area contributed by atoms with Crippen molar-refractivity contribution in [2.45, 2.75) is 19.9 Å². The molecule has 0 spiro atoms. The summed E-state index contributed by atoms with van der Waals surface area (Å²) in [5.41, 5.74) is 6.39. The predicted octanol–water partition coefficient (Wildman–Crippen LogP) is 3.18. The van der Waals surface area contributed by atoms with E-state index in [1.165, 1.54) is 12.1 Å². The van der Waals surface area contributed by atoms with E-state index in [1.807, 2.05) is 13.8 Å². The second-order valence-electron chi connectivity index (χ2n) is 4.35. The summed E-state index contributed by atoms with van der Waals surface area (Å²) in [6.07, 6.45) is 0. The van der Waals surface area contributed by atoms with Gasteiger partial charge in [0.2, 0.25) is 11.7 Å². The second kappa shape index (κ2) is 5.04. The van der Waals surface area contributed by atoms with Crippen molar-refractivity contribution in [3.63, 3.8) is 0 Å². The average molecular weight is 270 g/mol. The summed E-state index contributed by atoms with van der Waals surface area (Å²) in [7, 11) is 0. The first-order chi connectivity index (χ1) is 8.49. The number of nitrogens with zero attached hydrogens (tertiary/aromatic N) is 2. The summed E-state index contributed by atoms with van der Waals surface area (Å²) >= 11 is 5.61. The fraction of sp³-hybridized carbons (Fsp3) is 0.333. The van der Waals surface area contributed by atoms with Crippen LogP contribution in [0.5, 0.6) is 0 Å². The number of rotatable bonds is 3. The van der Waals surface area contributed by atoms with Crippen LogP contribution in [0.1, 0.15) is 25.8 Å². The SMILES string of the molecule is CC(C)[C@H](N)c1nc(-c2ccc(Cl)c(F)c2)no1. The van der Waals surface area contributed by atoms with Gasteiger partial charge in [-0.05, 0) is 24.1 Å². The number of benzene rings is 1. The monoisotopic (exact) mass is 269 g/mol. The lowest BCUT2D eigenvalue weighted by Gasteiger charge is -2.09. The lowest BCUT2D eigenvalue weighted by molar-refractivity contribution is 0.325. The normalized spacial score (nSPS) is 13.0. The number of halogens is 2. The van der Waals surface area contributed by atoms with Gasteiger partial charge in [0.05, 0.1) is 11.1 Å². The first-order valence-electron chi connectivity index (χ1n) is 5.53. The number of aromatic nitrogens is 2. The molecule has 18 heavy (non-hydrogen) atoms. The van der Waals surface area contributed by atoms with Gasteiger partial charge >= 0.3 is 0 Å². The van der Waals surface area contributed by atoms with E-state index in [0.717, 1.165) is 0 Å². The minimum absolute atomic E-state index is 0.0568. The van der Waals surface area contributed by atoms with E-state index in [2.05, 4.69) is 10.1 Å². The maximum absolute atomic E-state index is 13.3. The first-order valence-corrected chi connectivity index (χ1v) is 5.91. The molecule has 2 N–H and O–H groups in total. The van der Waals surface area contributed by atoms with Crippen LogP contribution in [0.15, 0.2) is 22.7 Å². The van der Waals surface area contributed by atoms with E-state index >= 15 is 0 Å². The van der Waals surface area contributed by atoms with Gasteiger partial charge in [-0.3, -0.25) is 0 Å². The van der Waals surface area contributed by atoms with Gasteiger partial charge in [0.15, 0.2) is 0 Å². The van der Waals surface area contributed by atoms with Gasteiger partial charge in [0, 0.05) is 5.56 Å². The first kappa shape index (κ1) is 13.0. The fourth-order valence-electron chi connectivity index (χ4n) is 1.41.